The summed E-state index contributed by atoms with van der Waals surface area (Å²) < 4.78 is 0. The normalized spacial score (nSPS) is 22.5. The Labute approximate surface area is 158 Å². The third kappa shape index (κ3) is 7.86. The van der Waals surface area contributed by atoms with Crippen LogP contribution in [0.15, 0.2) is 24.3 Å². The first-order chi connectivity index (χ1) is 12.3. The van der Waals surface area contributed by atoms with Crippen LogP contribution in [-0.2, 0) is 9.59 Å². The maximum absolute atomic E-state index is 12.2. The Hall–Kier alpha value is -1.42. The first-order valence-corrected chi connectivity index (χ1v) is 10.0. The molecule has 1 aliphatic carbocycles. The Bertz CT molecular complexity index is 504. The van der Waals surface area contributed by atoms with E-state index in [4.69, 9.17) is 5.11 Å². The summed E-state index contributed by atoms with van der Waals surface area (Å²) in [5, 5.41) is 19.1. The van der Waals surface area contributed by atoms with E-state index in [1.165, 1.54) is 0 Å². The number of Topliss-reactive ketones (excluding diaryl/α,β-unsaturated/α-hetero) is 1. The molecule has 0 aromatic heterocycles. The van der Waals surface area contributed by atoms with Gasteiger partial charge < -0.3 is 10.2 Å². The average molecular weight is 365 g/mol. The van der Waals surface area contributed by atoms with Crippen LogP contribution >= 0.6 is 0 Å². The molecule has 1 rings (SSSR count). The quantitative estimate of drug-likeness (QED) is 0.381. The van der Waals surface area contributed by atoms with Gasteiger partial charge in [-0.2, -0.15) is 0 Å². The molecule has 26 heavy (non-hydrogen) atoms. The van der Waals surface area contributed by atoms with E-state index in [1.807, 2.05) is 24.3 Å². The second kappa shape index (κ2) is 11.3. The van der Waals surface area contributed by atoms with Gasteiger partial charge in [0.05, 0.1) is 6.10 Å². The highest BCUT2D eigenvalue weighted by Crippen LogP contribution is 2.34. The predicted molar refractivity (Wildman–Crippen MR) is 105 cm³/mol. The molecule has 3 unspecified atom stereocenters. The molecule has 0 aromatic rings. The lowest BCUT2D eigenvalue weighted by Crippen LogP contribution is -2.27. The van der Waals surface area contributed by atoms with E-state index in [9.17, 15) is 14.7 Å². The van der Waals surface area contributed by atoms with Crippen molar-refractivity contribution < 1.29 is 19.8 Å². The van der Waals surface area contributed by atoms with E-state index in [2.05, 4.69) is 20.8 Å². The number of rotatable bonds is 12. The zero-order valence-corrected chi connectivity index (χ0v) is 16.6. The Kier molecular flexibility index (Phi) is 9.85. The van der Waals surface area contributed by atoms with Crippen LogP contribution in [0.5, 0.6) is 0 Å². The van der Waals surface area contributed by atoms with E-state index < -0.39 is 12.1 Å². The standard InChI is InChI=1S/C22H36O4/c1-4-5-16-22(2,3)20(24)15-13-17-12-14-19(23)18(17)10-8-6-7-9-11-21(25)26/h6,8,13,15,17-18,20,24H,4-5,7,9-12,14,16H2,1-3H3,(H,25,26)/b8-6+,15-13+. The molecule has 0 heterocycles. The van der Waals surface area contributed by atoms with Crippen LogP contribution < -0.4 is 0 Å². The first kappa shape index (κ1) is 22.6. The van der Waals surface area contributed by atoms with Gasteiger partial charge in [0.2, 0.25) is 0 Å². The van der Waals surface area contributed by atoms with E-state index in [1.54, 1.807) is 0 Å². The summed E-state index contributed by atoms with van der Waals surface area (Å²) in [6.45, 7) is 6.34. The number of aliphatic hydroxyl groups excluding tert-OH is 1. The van der Waals surface area contributed by atoms with Gasteiger partial charge in [-0.3, -0.25) is 9.59 Å². The lowest BCUT2D eigenvalue weighted by Gasteiger charge is -2.29. The smallest absolute Gasteiger partial charge is 0.303 e. The minimum atomic E-state index is -0.769. The van der Waals surface area contributed by atoms with Crippen LogP contribution in [0.2, 0.25) is 0 Å². The lowest BCUT2D eigenvalue weighted by atomic mass is 9.80. The predicted octanol–water partition coefficient (Wildman–Crippen LogP) is 4.92. The molecule has 1 saturated carbocycles. The fraction of sp³-hybridized carbons (Fsp3) is 0.727. The van der Waals surface area contributed by atoms with Gasteiger partial charge in [-0.05, 0) is 43.4 Å². The zero-order chi connectivity index (χ0) is 19.6. The number of aliphatic carboxylic acids is 1. The molecule has 0 spiro atoms. The lowest BCUT2D eigenvalue weighted by molar-refractivity contribution is -0.137. The fourth-order valence-electron chi connectivity index (χ4n) is 3.49. The Balaban J connectivity index is 2.52. The summed E-state index contributed by atoms with van der Waals surface area (Å²) in [6, 6.07) is 0. The van der Waals surface area contributed by atoms with Crippen molar-refractivity contribution in [1.82, 2.24) is 0 Å². The van der Waals surface area contributed by atoms with Gasteiger partial charge >= 0.3 is 5.97 Å². The highest BCUT2D eigenvalue weighted by atomic mass is 16.4. The minimum absolute atomic E-state index is 0.00655. The average Bonchev–Trinajstić information content (AvgIpc) is 2.93. The topological polar surface area (TPSA) is 74.6 Å². The van der Waals surface area contributed by atoms with Crippen molar-refractivity contribution >= 4 is 11.8 Å². The molecule has 0 bridgehead atoms. The van der Waals surface area contributed by atoms with E-state index in [0.717, 1.165) is 32.1 Å². The highest BCUT2D eigenvalue weighted by Gasteiger charge is 2.32. The number of hydrogen-bond donors (Lipinski definition) is 2. The number of aliphatic hydroxyl groups is 1. The molecule has 0 aliphatic heterocycles. The zero-order valence-electron chi connectivity index (χ0n) is 16.6. The minimum Gasteiger partial charge on any atom is -0.481 e. The van der Waals surface area contributed by atoms with Crippen molar-refractivity contribution in [1.29, 1.82) is 0 Å². The molecule has 0 radical (unpaired) electrons. The number of carbonyl (C=O) groups excluding carboxylic acids is 1. The van der Waals surface area contributed by atoms with Gasteiger partial charge in [-0.15, -0.1) is 0 Å². The fourth-order valence-corrected chi connectivity index (χ4v) is 3.49. The summed E-state index contributed by atoms with van der Waals surface area (Å²) in [7, 11) is 0. The van der Waals surface area contributed by atoms with Crippen LogP contribution in [0.1, 0.15) is 78.6 Å². The molecule has 3 atom stereocenters. The van der Waals surface area contributed by atoms with Crippen LogP contribution in [-0.4, -0.2) is 28.1 Å². The summed E-state index contributed by atoms with van der Waals surface area (Å²) in [5.74, 6) is -0.278. The number of carboxylic acid groups (broad SMARTS) is 1. The van der Waals surface area contributed by atoms with Gasteiger partial charge in [-0.25, -0.2) is 0 Å². The second-order valence-corrected chi connectivity index (χ2v) is 8.19. The molecular weight excluding hydrogens is 328 g/mol. The molecule has 1 aliphatic rings. The van der Waals surface area contributed by atoms with Crippen molar-refractivity contribution in [3.05, 3.63) is 24.3 Å². The molecule has 0 aromatic carbocycles. The second-order valence-electron chi connectivity index (χ2n) is 8.19. The number of carboxylic acids is 1. The van der Waals surface area contributed by atoms with Crippen LogP contribution in [0, 0.1) is 17.3 Å². The number of unbranched alkanes of at least 4 members (excludes halogenated alkanes) is 2. The first-order valence-electron chi connectivity index (χ1n) is 10.0. The molecule has 0 amide bonds. The Morgan fingerprint density at radius 1 is 1.31 bits per heavy atom. The van der Waals surface area contributed by atoms with Crippen molar-refractivity contribution in [3.63, 3.8) is 0 Å². The Morgan fingerprint density at radius 3 is 2.69 bits per heavy atom. The molecule has 0 saturated heterocycles. The van der Waals surface area contributed by atoms with Crippen molar-refractivity contribution in [2.45, 2.75) is 84.7 Å². The number of carbonyl (C=O) groups is 2. The molecular formula is C22H36O4. The van der Waals surface area contributed by atoms with Crippen molar-refractivity contribution in [3.8, 4) is 0 Å². The van der Waals surface area contributed by atoms with Crippen molar-refractivity contribution in [2.75, 3.05) is 0 Å². The molecule has 1 fully saturated rings. The summed E-state index contributed by atoms with van der Waals surface area (Å²) in [4.78, 5) is 22.7. The van der Waals surface area contributed by atoms with Crippen molar-refractivity contribution in [2.24, 2.45) is 17.3 Å². The molecule has 148 valence electrons. The van der Waals surface area contributed by atoms with Crippen LogP contribution in [0.4, 0.5) is 0 Å². The van der Waals surface area contributed by atoms with E-state index >= 15 is 0 Å². The maximum Gasteiger partial charge on any atom is 0.303 e. The largest absolute Gasteiger partial charge is 0.481 e. The van der Waals surface area contributed by atoms with Gasteiger partial charge in [0.15, 0.2) is 0 Å². The van der Waals surface area contributed by atoms with Crippen LogP contribution in [0.25, 0.3) is 0 Å². The highest BCUT2D eigenvalue weighted by molar-refractivity contribution is 5.83. The summed E-state index contributed by atoms with van der Waals surface area (Å²) in [6.07, 6.45) is 14.4. The maximum atomic E-state index is 12.2. The number of hydrogen-bond acceptors (Lipinski definition) is 3. The van der Waals surface area contributed by atoms with E-state index in [0.29, 0.717) is 25.0 Å². The van der Waals surface area contributed by atoms with Gasteiger partial charge in [0, 0.05) is 18.8 Å². The summed E-state index contributed by atoms with van der Waals surface area (Å²) in [5.41, 5.74) is -0.144. The third-order valence-corrected chi connectivity index (χ3v) is 5.49. The van der Waals surface area contributed by atoms with Crippen LogP contribution in [0.3, 0.4) is 0 Å². The molecule has 4 heteroatoms. The molecule has 2 N–H and O–H groups in total. The monoisotopic (exact) mass is 364 g/mol. The van der Waals surface area contributed by atoms with Gasteiger partial charge in [-0.1, -0.05) is 57.9 Å². The van der Waals surface area contributed by atoms with Gasteiger partial charge in [0.25, 0.3) is 0 Å². The summed E-state index contributed by atoms with van der Waals surface area (Å²) >= 11 is 0. The Morgan fingerprint density at radius 2 is 2.04 bits per heavy atom. The van der Waals surface area contributed by atoms with Gasteiger partial charge in [0.1, 0.15) is 5.78 Å². The third-order valence-electron chi connectivity index (χ3n) is 5.49. The van der Waals surface area contributed by atoms with E-state index in [-0.39, 0.29) is 23.7 Å². The number of ketones is 1. The SMILES string of the molecule is CCCCC(C)(C)C(O)/C=C/C1CCC(=O)C1C/C=C/CCCC(=O)O. The molecule has 4 nitrogen and oxygen atoms in total. The number of allylic oxidation sites excluding steroid dienone is 3.